The molecule has 0 aliphatic rings. The molecule has 0 spiro atoms. The predicted octanol–water partition coefficient (Wildman–Crippen LogP) is 3.45. The van der Waals surface area contributed by atoms with Crippen LogP contribution in [0, 0.1) is 17.1 Å². The Bertz CT molecular complexity index is 603. The smallest absolute Gasteiger partial charge is 0.128 e. The Balaban J connectivity index is 2.04. The summed E-state index contributed by atoms with van der Waals surface area (Å²) in [5.74, 6) is 0.213. The Hall–Kier alpha value is -1.83. The third kappa shape index (κ3) is 3.57. The summed E-state index contributed by atoms with van der Waals surface area (Å²) in [5.41, 5.74) is 7.56. The van der Waals surface area contributed by atoms with Crippen molar-refractivity contribution < 1.29 is 4.39 Å². The molecule has 2 aromatic carbocycles. The number of hydrogen-bond acceptors (Lipinski definition) is 3. The lowest BCUT2D eigenvalue weighted by molar-refractivity contribution is 0.617. The van der Waals surface area contributed by atoms with E-state index in [-0.39, 0.29) is 5.82 Å². The van der Waals surface area contributed by atoms with Gasteiger partial charge in [0.1, 0.15) is 5.82 Å². The van der Waals surface area contributed by atoms with Crippen molar-refractivity contribution in [3.63, 3.8) is 0 Å². The molecule has 0 aromatic heterocycles. The van der Waals surface area contributed by atoms with Crippen molar-refractivity contribution in [2.24, 2.45) is 5.73 Å². The van der Waals surface area contributed by atoms with Crippen molar-refractivity contribution in [1.29, 1.82) is 5.26 Å². The van der Waals surface area contributed by atoms with Gasteiger partial charge in [-0.25, -0.2) is 4.39 Å². The lowest BCUT2D eigenvalue weighted by Gasteiger charge is -2.05. The summed E-state index contributed by atoms with van der Waals surface area (Å²) >= 11 is 1.56. The van der Waals surface area contributed by atoms with E-state index in [1.807, 2.05) is 30.3 Å². The van der Waals surface area contributed by atoms with Gasteiger partial charge < -0.3 is 5.73 Å². The fourth-order valence-corrected chi connectivity index (χ4v) is 2.50. The highest BCUT2D eigenvalue weighted by molar-refractivity contribution is 7.98. The van der Waals surface area contributed by atoms with Gasteiger partial charge in [-0.1, -0.05) is 18.2 Å². The largest absolute Gasteiger partial charge is 0.326 e. The van der Waals surface area contributed by atoms with Gasteiger partial charge in [-0.05, 0) is 35.4 Å². The van der Waals surface area contributed by atoms with Gasteiger partial charge in [0, 0.05) is 17.2 Å². The molecule has 96 valence electrons. The molecule has 0 atom stereocenters. The molecule has 0 aliphatic heterocycles. The molecule has 2 nitrogen and oxygen atoms in total. The van der Waals surface area contributed by atoms with Gasteiger partial charge in [-0.15, -0.1) is 11.8 Å². The Kier molecular flexibility index (Phi) is 4.56. The Morgan fingerprint density at radius 2 is 1.89 bits per heavy atom. The molecule has 0 radical (unpaired) electrons. The number of benzene rings is 2. The SMILES string of the molecule is N#Cc1ccc(CSc2ccc(CN)cc2)c(F)c1. The molecule has 0 unspecified atom stereocenters. The maximum Gasteiger partial charge on any atom is 0.128 e. The van der Waals surface area contributed by atoms with Crippen LogP contribution < -0.4 is 5.73 Å². The number of rotatable bonds is 4. The summed E-state index contributed by atoms with van der Waals surface area (Å²) in [7, 11) is 0. The highest BCUT2D eigenvalue weighted by atomic mass is 32.2. The van der Waals surface area contributed by atoms with Crippen molar-refractivity contribution in [2.45, 2.75) is 17.2 Å². The standard InChI is InChI=1S/C15H13FN2S/c16-15-7-12(9-18)1-4-13(15)10-19-14-5-2-11(8-17)3-6-14/h1-7H,8,10,17H2. The van der Waals surface area contributed by atoms with Crippen LogP contribution >= 0.6 is 11.8 Å². The normalized spacial score (nSPS) is 10.2. The van der Waals surface area contributed by atoms with Gasteiger partial charge in [0.25, 0.3) is 0 Å². The average molecular weight is 272 g/mol. The first-order valence-corrected chi connectivity index (χ1v) is 6.82. The van der Waals surface area contributed by atoms with E-state index in [4.69, 9.17) is 11.0 Å². The van der Waals surface area contributed by atoms with Crippen LogP contribution in [0.4, 0.5) is 4.39 Å². The first-order chi connectivity index (χ1) is 9.22. The van der Waals surface area contributed by atoms with Crippen LogP contribution in [0.1, 0.15) is 16.7 Å². The molecule has 0 aliphatic carbocycles. The number of nitrogens with two attached hydrogens (primary N) is 1. The number of halogens is 1. The summed E-state index contributed by atoms with van der Waals surface area (Å²) in [6, 6.07) is 14.4. The van der Waals surface area contributed by atoms with Gasteiger partial charge in [0.15, 0.2) is 0 Å². The van der Waals surface area contributed by atoms with Crippen LogP contribution in [-0.4, -0.2) is 0 Å². The number of nitrogens with zero attached hydrogens (tertiary/aromatic N) is 1. The van der Waals surface area contributed by atoms with Crippen molar-refractivity contribution >= 4 is 11.8 Å². The van der Waals surface area contributed by atoms with E-state index in [9.17, 15) is 4.39 Å². The van der Waals surface area contributed by atoms with E-state index in [1.165, 1.54) is 6.07 Å². The molecular formula is C15H13FN2S. The minimum absolute atomic E-state index is 0.329. The van der Waals surface area contributed by atoms with Crippen molar-refractivity contribution in [3.05, 3.63) is 65.0 Å². The van der Waals surface area contributed by atoms with Crippen molar-refractivity contribution in [1.82, 2.24) is 0 Å². The molecule has 2 N–H and O–H groups in total. The molecule has 19 heavy (non-hydrogen) atoms. The minimum atomic E-state index is -0.329. The van der Waals surface area contributed by atoms with Crippen LogP contribution in [0.3, 0.4) is 0 Å². The monoisotopic (exact) mass is 272 g/mol. The fourth-order valence-electron chi connectivity index (χ4n) is 1.62. The van der Waals surface area contributed by atoms with Gasteiger partial charge in [0.05, 0.1) is 11.6 Å². The van der Waals surface area contributed by atoms with E-state index in [0.29, 0.717) is 23.4 Å². The quantitative estimate of drug-likeness (QED) is 0.867. The molecule has 0 fully saturated rings. The van der Waals surface area contributed by atoms with Crippen LogP contribution in [0.25, 0.3) is 0 Å². The second-order valence-electron chi connectivity index (χ2n) is 4.05. The molecule has 0 saturated carbocycles. The molecule has 0 heterocycles. The van der Waals surface area contributed by atoms with Gasteiger partial charge in [-0.2, -0.15) is 5.26 Å². The summed E-state index contributed by atoms with van der Waals surface area (Å²) in [6.45, 7) is 0.523. The van der Waals surface area contributed by atoms with Gasteiger partial charge >= 0.3 is 0 Å². The second kappa shape index (κ2) is 6.37. The first kappa shape index (κ1) is 13.6. The maximum atomic E-state index is 13.7. The molecule has 0 saturated heterocycles. The molecule has 2 rings (SSSR count). The molecule has 0 bridgehead atoms. The van der Waals surface area contributed by atoms with E-state index >= 15 is 0 Å². The number of hydrogen-bond donors (Lipinski definition) is 1. The third-order valence-corrected chi connectivity index (χ3v) is 3.80. The topological polar surface area (TPSA) is 49.8 Å². The molecule has 4 heteroatoms. The van der Waals surface area contributed by atoms with E-state index in [0.717, 1.165) is 10.5 Å². The van der Waals surface area contributed by atoms with Gasteiger partial charge in [-0.3, -0.25) is 0 Å². The highest BCUT2D eigenvalue weighted by Gasteiger charge is 2.04. The summed E-state index contributed by atoms with van der Waals surface area (Å²) in [4.78, 5) is 1.07. The highest BCUT2D eigenvalue weighted by Crippen LogP contribution is 2.24. The van der Waals surface area contributed by atoms with Gasteiger partial charge in [0.2, 0.25) is 0 Å². The average Bonchev–Trinajstić information content (AvgIpc) is 2.46. The summed E-state index contributed by atoms with van der Waals surface area (Å²) in [6.07, 6.45) is 0. The number of thioether (sulfide) groups is 1. The lowest BCUT2D eigenvalue weighted by Crippen LogP contribution is -1.95. The van der Waals surface area contributed by atoms with Crippen LogP contribution in [0.15, 0.2) is 47.4 Å². The zero-order chi connectivity index (χ0) is 13.7. The summed E-state index contributed by atoms with van der Waals surface area (Å²) < 4.78 is 13.7. The second-order valence-corrected chi connectivity index (χ2v) is 5.10. The lowest BCUT2D eigenvalue weighted by atomic mass is 10.1. The predicted molar refractivity (Wildman–Crippen MR) is 75.0 cm³/mol. The van der Waals surface area contributed by atoms with E-state index < -0.39 is 0 Å². The van der Waals surface area contributed by atoms with Crippen LogP contribution in [0.5, 0.6) is 0 Å². The summed E-state index contributed by atoms with van der Waals surface area (Å²) in [5, 5.41) is 8.68. The Morgan fingerprint density at radius 1 is 1.16 bits per heavy atom. The van der Waals surface area contributed by atoms with E-state index in [2.05, 4.69) is 0 Å². The zero-order valence-electron chi connectivity index (χ0n) is 10.3. The van der Waals surface area contributed by atoms with Crippen molar-refractivity contribution in [2.75, 3.05) is 0 Å². The van der Waals surface area contributed by atoms with Crippen molar-refractivity contribution in [3.8, 4) is 6.07 Å². The Morgan fingerprint density at radius 3 is 2.47 bits per heavy atom. The molecule has 2 aromatic rings. The molecule has 0 amide bonds. The first-order valence-electron chi connectivity index (χ1n) is 5.83. The van der Waals surface area contributed by atoms with Crippen LogP contribution in [-0.2, 0) is 12.3 Å². The fraction of sp³-hybridized carbons (Fsp3) is 0.133. The number of nitriles is 1. The minimum Gasteiger partial charge on any atom is -0.326 e. The third-order valence-electron chi connectivity index (χ3n) is 2.74. The maximum absolute atomic E-state index is 13.7. The Labute approximate surface area is 116 Å². The van der Waals surface area contributed by atoms with E-state index in [1.54, 1.807) is 23.9 Å². The zero-order valence-corrected chi connectivity index (χ0v) is 11.1. The van der Waals surface area contributed by atoms with Crippen LogP contribution in [0.2, 0.25) is 0 Å². The molecular weight excluding hydrogens is 259 g/mol.